The summed E-state index contributed by atoms with van der Waals surface area (Å²) >= 11 is 0. The topological polar surface area (TPSA) is 29.3 Å². The molecule has 0 aromatic carbocycles. The van der Waals surface area contributed by atoms with Gasteiger partial charge in [0.05, 0.1) is 0 Å². The van der Waals surface area contributed by atoms with E-state index in [1.54, 1.807) is 0 Å². The van der Waals surface area contributed by atoms with Gasteiger partial charge in [0.2, 0.25) is 0 Å². The van der Waals surface area contributed by atoms with Gasteiger partial charge in [-0.15, -0.1) is 0 Å². The maximum Gasteiger partial charge on any atom is 0.00793 e. The lowest BCUT2D eigenvalue weighted by molar-refractivity contribution is 0.235. The molecule has 1 rings (SSSR count). The standard InChI is InChI=1S/C9H20N2/c1-11(2)7-8-5-3-4-6-9(8)10/h8-9H,3-7,10H2,1-2H3/t8-,9-/m0/s1. The van der Waals surface area contributed by atoms with Gasteiger partial charge in [0.1, 0.15) is 0 Å². The molecule has 0 saturated heterocycles. The molecule has 0 unspecified atom stereocenters. The van der Waals surface area contributed by atoms with Crippen LogP contribution in [-0.2, 0) is 0 Å². The first-order chi connectivity index (χ1) is 5.20. The normalized spacial score (nSPS) is 32.7. The maximum atomic E-state index is 6.00. The van der Waals surface area contributed by atoms with Crippen molar-refractivity contribution in [2.75, 3.05) is 20.6 Å². The fourth-order valence-electron chi connectivity index (χ4n) is 1.93. The Morgan fingerprint density at radius 1 is 1.27 bits per heavy atom. The molecule has 0 radical (unpaired) electrons. The van der Waals surface area contributed by atoms with E-state index in [1.807, 2.05) is 0 Å². The van der Waals surface area contributed by atoms with Gasteiger partial charge in [-0.2, -0.15) is 0 Å². The first-order valence-electron chi connectivity index (χ1n) is 4.60. The lowest BCUT2D eigenvalue weighted by atomic mass is 9.85. The molecular formula is C9H20N2. The molecular weight excluding hydrogens is 136 g/mol. The Morgan fingerprint density at radius 2 is 1.91 bits per heavy atom. The van der Waals surface area contributed by atoms with Gasteiger partial charge in [0.25, 0.3) is 0 Å². The predicted octanol–water partition coefficient (Wildman–Crippen LogP) is 1.07. The Labute approximate surface area is 69.8 Å². The van der Waals surface area contributed by atoms with Crippen molar-refractivity contribution in [2.24, 2.45) is 11.7 Å². The van der Waals surface area contributed by atoms with Crippen molar-refractivity contribution >= 4 is 0 Å². The van der Waals surface area contributed by atoms with Gasteiger partial charge in [-0.1, -0.05) is 12.8 Å². The van der Waals surface area contributed by atoms with E-state index in [1.165, 1.54) is 32.2 Å². The van der Waals surface area contributed by atoms with Crippen LogP contribution in [0.1, 0.15) is 25.7 Å². The number of hydrogen-bond donors (Lipinski definition) is 1. The van der Waals surface area contributed by atoms with E-state index in [2.05, 4.69) is 19.0 Å². The second-order valence-corrected chi connectivity index (χ2v) is 3.97. The van der Waals surface area contributed by atoms with Crippen LogP contribution in [0.5, 0.6) is 0 Å². The Bertz CT molecular complexity index is 112. The highest BCUT2D eigenvalue weighted by Crippen LogP contribution is 2.22. The molecule has 11 heavy (non-hydrogen) atoms. The predicted molar refractivity (Wildman–Crippen MR) is 48.5 cm³/mol. The molecule has 0 heterocycles. The summed E-state index contributed by atoms with van der Waals surface area (Å²) in [5.74, 6) is 0.749. The summed E-state index contributed by atoms with van der Waals surface area (Å²) in [5.41, 5.74) is 6.00. The maximum absolute atomic E-state index is 6.00. The minimum atomic E-state index is 0.464. The van der Waals surface area contributed by atoms with Crippen molar-refractivity contribution in [3.8, 4) is 0 Å². The molecule has 0 aromatic heterocycles. The summed E-state index contributed by atoms with van der Waals surface area (Å²) in [6.07, 6.45) is 5.29. The summed E-state index contributed by atoms with van der Waals surface area (Å²) in [5, 5.41) is 0. The zero-order valence-electron chi connectivity index (χ0n) is 7.71. The summed E-state index contributed by atoms with van der Waals surface area (Å²) < 4.78 is 0. The van der Waals surface area contributed by atoms with Crippen molar-refractivity contribution in [3.63, 3.8) is 0 Å². The molecule has 0 spiro atoms. The highest BCUT2D eigenvalue weighted by molar-refractivity contribution is 4.79. The van der Waals surface area contributed by atoms with Crippen molar-refractivity contribution in [2.45, 2.75) is 31.7 Å². The van der Waals surface area contributed by atoms with E-state index >= 15 is 0 Å². The van der Waals surface area contributed by atoms with Crippen molar-refractivity contribution in [3.05, 3.63) is 0 Å². The van der Waals surface area contributed by atoms with Crippen LogP contribution in [0.25, 0.3) is 0 Å². The molecule has 0 amide bonds. The van der Waals surface area contributed by atoms with E-state index < -0.39 is 0 Å². The first-order valence-corrected chi connectivity index (χ1v) is 4.60. The Morgan fingerprint density at radius 3 is 2.45 bits per heavy atom. The molecule has 0 aliphatic heterocycles. The number of rotatable bonds is 2. The molecule has 2 nitrogen and oxygen atoms in total. The zero-order valence-corrected chi connectivity index (χ0v) is 7.71. The third kappa shape index (κ3) is 2.80. The fourth-order valence-corrected chi connectivity index (χ4v) is 1.93. The van der Waals surface area contributed by atoms with Gasteiger partial charge in [0, 0.05) is 12.6 Å². The third-order valence-corrected chi connectivity index (χ3v) is 2.57. The Kier molecular flexibility index (Phi) is 3.34. The molecule has 66 valence electrons. The molecule has 1 aliphatic carbocycles. The molecule has 1 aliphatic rings. The van der Waals surface area contributed by atoms with Crippen LogP contribution in [-0.4, -0.2) is 31.6 Å². The van der Waals surface area contributed by atoms with Gasteiger partial charge in [0.15, 0.2) is 0 Å². The van der Waals surface area contributed by atoms with Crippen LogP contribution in [0.4, 0.5) is 0 Å². The summed E-state index contributed by atoms with van der Waals surface area (Å²) in [7, 11) is 4.25. The van der Waals surface area contributed by atoms with Crippen LogP contribution in [0.15, 0.2) is 0 Å². The minimum Gasteiger partial charge on any atom is -0.327 e. The third-order valence-electron chi connectivity index (χ3n) is 2.57. The van der Waals surface area contributed by atoms with E-state index in [0.717, 1.165) is 5.92 Å². The van der Waals surface area contributed by atoms with Crippen LogP contribution < -0.4 is 5.73 Å². The molecule has 2 atom stereocenters. The average molecular weight is 156 g/mol. The SMILES string of the molecule is CN(C)C[C@@H]1CCCC[C@@H]1N. The Balaban J connectivity index is 2.29. The van der Waals surface area contributed by atoms with E-state index in [4.69, 9.17) is 5.73 Å². The molecule has 0 bridgehead atoms. The van der Waals surface area contributed by atoms with Crippen LogP contribution in [0.2, 0.25) is 0 Å². The molecule has 1 saturated carbocycles. The quantitative estimate of drug-likeness (QED) is 0.648. The van der Waals surface area contributed by atoms with Gasteiger partial charge >= 0.3 is 0 Å². The van der Waals surface area contributed by atoms with Gasteiger partial charge in [-0.3, -0.25) is 0 Å². The van der Waals surface area contributed by atoms with Crippen LogP contribution in [0.3, 0.4) is 0 Å². The first kappa shape index (κ1) is 9.01. The number of nitrogens with two attached hydrogens (primary N) is 1. The lowest BCUT2D eigenvalue weighted by Gasteiger charge is -2.30. The zero-order chi connectivity index (χ0) is 8.27. The smallest absolute Gasteiger partial charge is 0.00793 e. The Hall–Kier alpha value is -0.0800. The van der Waals surface area contributed by atoms with Crippen molar-refractivity contribution < 1.29 is 0 Å². The van der Waals surface area contributed by atoms with Crippen LogP contribution >= 0.6 is 0 Å². The van der Waals surface area contributed by atoms with E-state index in [-0.39, 0.29) is 0 Å². The second-order valence-electron chi connectivity index (χ2n) is 3.97. The molecule has 2 N–H and O–H groups in total. The summed E-state index contributed by atoms with van der Waals surface area (Å²) in [6, 6.07) is 0.464. The van der Waals surface area contributed by atoms with Crippen LogP contribution in [0, 0.1) is 5.92 Å². The molecule has 0 aromatic rings. The lowest BCUT2D eigenvalue weighted by Crippen LogP contribution is -2.38. The van der Waals surface area contributed by atoms with Crippen molar-refractivity contribution in [1.29, 1.82) is 0 Å². The monoisotopic (exact) mass is 156 g/mol. The van der Waals surface area contributed by atoms with Gasteiger partial charge < -0.3 is 10.6 Å². The minimum absolute atomic E-state index is 0.464. The van der Waals surface area contributed by atoms with E-state index in [9.17, 15) is 0 Å². The highest BCUT2D eigenvalue weighted by Gasteiger charge is 2.21. The fraction of sp³-hybridized carbons (Fsp3) is 1.00. The largest absolute Gasteiger partial charge is 0.327 e. The van der Waals surface area contributed by atoms with Gasteiger partial charge in [-0.05, 0) is 32.9 Å². The summed E-state index contributed by atoms with van der Waals surface area (Å²) in [6.45, 7) is 1.17. The number of nitrogens with zero attached hydrogens (tertiary/aromatic N) is 1. The second kappa shape index (κ2) is 4.07. The molecule has 1 fully saturated rings. The number of hydrogen-bond acceptors (Lipinski definition) is 2. The van der Waals surface area contributed by atoms with Gasteiger partial charge in [-0.25, -0.2) is 0 Å². The highest BCUT2D eigenvalue weighted by atomic mass is 15.1. The molecule has 2 heteroatoms. The summed E-state index contributed by atoms with van der Waals surface area (Å²) in [4.78, 5) is 2.25. The van der Waals surface area contributed by atoms with E-state index in [0.29, 0.717) is 6.04 Å². The van der Waals surface area contributed by atoms with Crippen molar-refractivity contribution in [1.82, 2.24) is 4.90 Å². The average Bonchev–Trinajstić information content (AvgIpc) is 1.93.